The minimum atomic E-state index is -1.72. The highest BCUT2D eigenvalue weighted by Crippen LogP contribution is 2.67. The SMILES string of the molecule is C[C@H](NC(=O)CCC(=O)OCC(=O)[C@@]1(O)CC[C@H]2[C@@H]3CCC4=CC(=O)C=C[C@]4(C)[C@H]3[C@@H](O)C[C@@]21C)c1ccccc1. The zero-order valence-corrected chi connectivity index (χ0v) is 24.1. The third-order valence-corrected chi connectivity index (χ3v) is 10.7. The fraction of sp³-hybridized carbons (Fsp3) is 0.576. The fourth-order valence-corrected chi connectivity index (χ4v) is 8.48. The Labute approximate surface area is 241 Å². The summed E-state index contributed by atoms with van der Waals surface area (Å²) in [5, 5.41) is 26.1. The summed E-state index contributed by atoms with van der Waals surface area (Å²) >= 11 is 0. The van der Waals surface area contributed by atoms with Crippen molar-refractivity contribution in [2.75, 3.05) is 6.61 Å². The van der Waals surface area contributed by atoms with Crippen molar-refractivity contribution in [3.05, 3.63) is 59.7 Å². The minimum absolute atomic E-state index is 0.0141. The van der Waals surface area contributed by atoms with Gasteiger partial charge in [-0.25, -0.2) is 0 Å². The molecule has 0 saturated heterocycles. The number of allylic oxidation sites excluding steroid dienone is 4. The smallest absolute Gasteiger partial charge is 0.306 e. The molecular weight excluding hydrogens is 522 g/mol. The summed E-state index contributed by atoms with van der Waals surface area (Å²) in [6, 6.07) is 9.29. The number of hydrogen-bond donors (Lipinski definition) is 3. The number of aliphatic hydroxyl groups is 2. The lowest BCUT2D eigenvalue weighted by atomic mass is 9.46. The molecule has 0 radical (unpaired) electrons. The van der Waals surface area contributed by atoms with Gasteiger partial charge in [-0.15, -0.1) is 0 Å². The standard InChI is InChI=1S/C33H41NO7/c1-20(21-7-5-4-6-8-21)34-28(38)11-12-29(39)41-19-27(37)33(40)16-14-25-24-10-9-22-17-23(35)13-15-31(22,2)30(24)26(36)18-32(25,33)3/h4-8,13,15,17,20,24-26,30,36,40H,9-12,14,16,18-19H2,1-3H3,(H,34,38)/t20-,24-,25-,26-,30+,31-,32-,33-/m0/s1. The van der Waals surface area contributed by atoms with E-state index < -0.39 is 40.9 Å². The summed E-state index contributed by atoms with van der Waals surface area (Å²) in [5.74, 6) is -1.55. The number of carbonyl (C=O) groups excluding carboxylic acids is 4. The molecule has 5 rings (SSSR count). The number of carbonyl (C=O) groups is 4. The van der Waals surface area contributed by atoms with Crippen molar-refractivity contribution in [1.29, 1.82) is 0 Å². The quantitative estimate of drug-likeness (QED) is 0.411. The predicted octanol–water partition coefficient (Wildman–Crippen LogP) is 3.77. The van der Waals surface area contributed by atoms with Gasteiger partial charge in [0.15, 0.2) is 12.4 Å². The van der Waals surface area contributed by atoms with E-state index in [-0.39, 0.29) is 61.2 Å². The maximum atomic E-state index is 13.4. The van der Waals surface area contributed by atoms with E-state index in [0.29, 0.717) is 6.42 Å². The van der Waals surface area contributed by atoms with Crippen LogP contribution in [-0.4, -0.2) is 52.0 Å². The van der Waals surface area contributed by atoms with E-state index in [1.807, 2.05) is 50.3 Å². The van der Waals surface area contributed by atoms with E-state index in [1.54, 1.807) is 12.2 Å². The zero-order valence-electron chi connectivity index (χ0n) is 24.1. The molecule has 1 amide bonds. The first-order valence-corrected chi connectivity index (χ1v) is 14.8. The van der Waals surface area contributed by atoms with Gasteiger partial charge in [0.2, 0.25) is 11.7 Å². The van der Waals surface area contributed by atoms with E-state index in [1.165, 1.54) is 0 Å². The number of ketones is 2. The van der Waals surface area contributed by atoms with Gasteiger partial charge in [0.1, 0.15) is 5.60 Å². The van der Waals surface area contributed by atoms with Crippen molar-refractivity contribution in [3.8, 4) is 0 Å². The molecule has 0 bridgehead atoms. The van der Waals surface area contributed by atoms with E-state index in [0.717, 1.165) is 24.0 Å². The van der Waals surface area contributed by atoms with E-state index in [4.69, 9.17) is 4.74 Å². The van der Waals surface area contributed by atoms with Crippen LogP contribution in [0.25, 0.3) is 0 Å². The number of nitrogens with one attached hydrogen (secondary N) is 1. The first kappa shape index (κ1) is 29.4. The van der Waals surface area contributed by atoms with Crippen LogP contribution in [0.2, 0.25) is 0 Å². The molecule has 41 heavy (non-hydrogen) atoms. The third kappa shape index (κ3) is 5.10. The van der Waals surface area contributed by atoms with Crippen LogP contribution in [-0.2, 0) is 23.9 Å². The van der Waals surface area contributed by atoms with Crippen LogP contribution in [0.3, 0.4) is 0 Å². The predicted molar refractivity (Wildman–Crippen MR) is 151 cm³/mol. The molecule has 8 atom stereocenters. The molecule has 3 saturated carbocycles. The molecular formula is C33H41NO7. The number of rotatable bonds is 8. The first-order chi connectivity index (χ1) is 19.4. The highest BCUT2D eigenvalue weighted by molar-refractivity contribution is 6.01. The Morgan fingerprint density at radius 2 is 1.85 bits per heavy atom. The summed E-state index contributed by atoms with van der Waals surface area (Å²) in [5.41, 5.74) is -1.01. The lowest BCUT2D eigenvalue weighted by molar-refractivity contribution is -0.181. The minimum Gasteiger partial charge on any atom is -0.458 e. The molecule has 8 nitrogen and oxygen atoms in total. The van der Waals surface area contributed by atoms with Crippen LogP contribution in [0.15, 0.2) is 54.1 Å². The van der Waals surface area contributed by atoms with Gasteiger partial charge >= 0.3 is 5.97 Å². The van der Waals surface area contributed by atoms with Gasteiger partial charge in [-0.2, -0.15) is 0 Å². The van der Waals surface area contributed by atoms with E-state index >= 15 is 0 Å². The molecule has 0 unspecified atom stereocenters. The Kier molecular flexibility index (Phi) is 7.85. The van der Waals surface area contributed by atoms with Gasteiger partial charge in [-0.1, -0.05) is 55.8 Å². The Balaban J connectivity index is 1.18. The molecule has 3 fully saturated rings. The number of esters is 1. The van der Waals surface area contributed by atoms with Crippen molar-refractivity contribution in [3.63, 3.8) is 0 Å². The Morgan fingerprint density at radius 1 is 1.12 bits per heavy atom. The second-order valence-corrected chi connectivity index (χ2v) is 12.9. The zero-order chi connectivity index (χ0) is 29.6. The van der Waals surface area contributed by atoms with Crippen LogP contribution in [0, 0.1) is 28.6 Å². The monoisotopic (exact) mass is 563 g/mol. The van der Waals surface area contributed by atoms with Crippen LogP contribution in [0.5, 0.6) is 0 Å². The second kappa shape index (κ2) is 11.0. The van der Waals surface area contributed by atoms with Gasteiger partial charge < -0.3 is 20.3 Å². The summed E-state index contributed by atoms with van der Waals surface area (Å²) in [6.45, 7) is 5.26. The average Bonchev–Trinajstić information content (AvgIpc) is 3.21. The molecule has 220 valence electrons. The van der Waals surface area contributed by atoms with Crippen molar-refractivity contribution in [1.82, 2.24) is 5.32 Å². The maximum Gasteiger partial charge on any atom is 0.306 e. The number of amides is 1. The molecule has 4 aliphatic rings. The van der Waals surface area contributed by atoms with E-state index in [9.17, 15) is 29.4 Å². The Morgan fingerprint density at radius 3 is 2.59 bits per heavy atom. The van der Waals surface area contributed by atoms with Crippen LogP contribution in [0.4, 0.5) is 0 Å². The molecule has 3 N–H and O–H groups in total. The summed E-state index contributed by atoms with van der Waals surface area (Å²) in [4.78, 5) is 50.2. The lowest BCUT2D eigenvalue weighted by Gasteiger charge is -2.59. The van der Waals surface area contributed by atoms with E-state index in [2.05, 4.69) is 12.2 Å². The normalized spacial score (nSPS) is 36.3. The average molecular weight is 564 g/mol. The lowest BCUT2D eigenvalue weighted by Crippen LogP contribution is -2.61. The van der Waals surface area contributed by atoms with Gasteiger partial charge in [0, 0.05) is 23.2 Å². The number of hydrogen-bond acceptors (Lipinski definition) is 7. The Bertz CT molecular complexity index is 1290. The molecule has 8 heteroatoms. The summed E-state index contributed by atoms with van der Waals surface area (Å²) in [6.07, 6.45) is 6.88. The van der Waals surface area contributed by atoms with Crippen molar-refractivity contribution in [2.24, 2.45) is 28.6 Å². The Hall–Kier alpha value is -3.10. The maximum absolute atomic E-state index is 13.4. The third-order valence-electron chi connectivity index (χ3n) is 10.7. The van der Waals surface area contributed by atoms with Gasteiger partial charge in [0.25, 0.3) is 0 Å². The van der Waals surface area contributed by atoms with Gasteiger partial charge in [-0.05, 0) is 68.6 Å². The topological polar surface area (TPSA) is 130 Å². The fourth-order valence-electron chi connectivity index (χ4n) is 8.48. The number of aliphatic hydroxyl groups excluding tert-OH is 1. The summed E-state index contributed by atoms with van der Waals surface area (Å²) in [7, 11) is 0. The number of ether oxygens (including phenoxy) is 1. The highest BCUT2D eigenvalue weighted by Gasteiger charge is 2.68. The van der Waals surface area contributed by atoms with Crippen molar-refractivity contribution >= 4 is 23.4 Å². The number of fused-ring (bicyclic) bond motifs is 5. The molecule has 0 aliphatic heterocycles. The molecule has 1 aromatic rings. The van der Waals surface area contributed by atoms with Crippen LogP contribution >= 0.6 is 0 Å². The number of Topliss-reactive ketones (excluding diaryl/α,β-unsaturated/α-hetero) is 1. The molecule has 0 heterocycles. The number of benzene rings is 1. The van der Waals surface area contributed by atoms with Crippen LogP contribution < -0.4 is 5.32 Å². The van der Waals surface area contributed by atoms with Crippen molar-refractivity contribution in [2.45, 2.75) is 83.5 Å². The molecule has 0 spiro atoms. The highest BCUT2D eigenvalue weighted by atomic mass is 16.5. The van der Waals surface area contributed by atoms with Crippen molar-refractivity contribution < 1.29 is 34.1 Å². The summed E-state index contributed by atoms with van der Waals surface area (Å²) < 4.78 is 5.24. The molecule has 4 aliphatic carbocycles. The molecule has 1 aromatic carbocycles. The van der Waals surface area contributed by atoms with Crippen LogP contribution in [0.1, 0.15) is 77.3 Å². The molecule has 0 aromatic heterocycles. The van der Waals surface area contributed by atoms with Gasteiger partial charge in [-0.3, -0.25) is 19.2 Å². The largest absolute Gasteiger partial charge is 0.458 e. The first-order valence-electron chi connectivity index (χ1n) is 14.8. The van der Waals surface area contributed by atoms with Gasteiger partial charge in [0.05, 0.1) is 18.6 Å². The second-order valence-electron chi connectivity index (χ2n) is 12.9.